The van der Waals surface area contributed by atoms with Crippen LogP contribution in [0.4, 0.5) is 5.82 Å². The molecule has 1 aromatic heterocycles. The van der Waals surface area contributed by atoms with Gasteiger partial charge in [0.1, 0.15) is 5.82 Å². The number of hydrogen-bond donors (Lipinski definition) is 1. The van der Waals surface area contributed by atoms with Crippen LogP contribution < -0.4 is 5.32 Å². The summed E-state index contributed by atoms with van der Waals surface area (Å²) < 4.78 is 5.21. The summed E-state index contributed by atoms with van der Waals surface area (Å²) in [5.74, 6) is 1.32. The van der Waals surface area contributed by atoms with Crippen molar-refractivity contribution in [2.75, 3.05) is 32.1 Å². The lowest BCUT2D eigenvalue weighted by molar-refractivity contribution is 0.0570. The average Bonchev–Trinajstić information content (AvgIpc) is 2.47. The molecule has 116 valence electrons. The predicted octanol–water partition coefficient (Wildman–Crippen LogP) is 2.40. The Bertz CT molecular complexity index is 457. The number of likely N-dealkylation sites (tertiary alicyclic amines) is 1. The lowest BCUT2D eigenvalue weighted by atomic mass is 9.98. The van der Waals surface area contributed by atoms with Crippen molar-refractivity contribution in [3.8, 4) is 0 Å². The molecule has 1 atom stereocenters. The molecule has 0 spiro atoms. The Balaban J connectivity index is 1.98. The predicted molar refractivity (Wildman–Crippen MR) is 83.5 cm³/mol. The number of hydrogen-bond acceptors (Lipinski definition) is 4. The lowest BCUT2D eigenvalue weighted by Gasteiger charge is -2.32. The van der Waals surface area contributed by atoms with Crippen molar-refractivity contribution in [3.05, 3.63) is 23.9 Å². The molecular weight excluding hydrogens is 266 g/mol. The van der Waals surface area contributed by atoms with Gasteiger partial charge in [0.25, 0.3) is 5.91 Å². The molecule has 0 bridgehead atoms. The second-order valence-electron chi connectivity index (χ2n) is 5.95. The van der Waals surface area contributed by atoms with Crippen LogP contribution in [0.25, 0.3) is 0 Å². The first-order valence-electron chi connectivity index (χ1n) is 7.61. The summed E-state index contributed by atoms with van der Waals surface area (Å²) in [4.78, 5) is 18.7. The lowest BCUT2D eigenvalue weighted by Crippen LogP contribution is -2.41. The molecule has 0 aromatic carbocycles. The van der Waals surface area contributed by atoms with Gasteiger partial charge in [-0.25, -0.2) is 4.98 Å². The molecule has 1 amide bonds. The van der Waals surface area contributed by atoms with Gasteiger partial charge in [-0.15, -0.1) is 0 Å². The molecule has 2 heterocycles. The number of methoxy groups -OCH3 is 1. The molecule has 2 rings (SSSR count). The third-order valence-corrected chi connectivity index (χ3v) is 3.66. The zero-order valence-electron chi connectivity index (χ0n) is 13.1. The first-order chi connectivity index (χ1) is 10.1. The largest absolute Gasteiger partial charge is 0.384 e. The molecule has 1 aliphatic rings. The number of aromatic nitrogens is 1. The Morgan fingerprint density at radius 3 is 2.95 bits per heavy atom. The number of anilines is 1. The number of rotatable bonds is 5. The molecule has 1 saturated heterocycles. The Labute approximate surface area is 126 Å². The number of nitrogens with zero attached hydrogens (tertiary/aromatic N) is 2. The molecule has 0 saturated carbocycles. The minimum absolute atomic E-state index is 0.0689. The van der Waals surface area contributed by atoms with Crippen LogP contribution >= 0.6 is 0 Å². The van der Waals surface area contributed by atoms with Crippen LogP contribution in [0.1, 0.15) is 37.0 Å². The standard InChI is InChI=1S/C16H25N3O2/c1-12(2)18-15-7-6-14(9-17-15)16(20)19-8-4-5-13(10-19)11-21-3/h6-7,9,12-13H,4-5,8,10-11H2,1-3H3,(H,17,18)/t13-/m0/s1. The first kappa shape index (κ1) is 15.8. The highest BCUT2D eigenvalue weighted by atomic mass is 16.5. The summed E-state index contributed by atoms with van der Waals surface area (Å²) in [6.45, 7) is 6.44. The molecule has 0 aliphatic carbocycles. The topological polar surface area (TPSA) is 54.5 Å². The first-order valence-corrected chi connectivity index (χ1v) is 7.61. The molecule has 1 fully saturated rings. The van der Waals surface area contributed by atoms with E-state index in [0.717, 1.165) is 38.4 Å². The van der Waals surface area contributed by atoms with E-state index >= 15 is 0 Å². The van der Waals surface area contributed by atoms with Gasteiger partial charge in [-0.3, -0.25) is 4.79 Å². The number of piperidine rings is 1. The summed E-state index contributed by atoms with van der Waals surface area (Å²) in [6.07, 6.45) is 3.83. The van der Waals surface area contributed by atoms with E-state index in [-0.39, 0.29) is 5.91 Å². The van der Waals surface area contributed by atoms with E-state index < -0.39 is 0 Å². The normalized spacial score (nSPS) is 18.9. The van der Waals surface area contributed by atoms with Crippen LogP contribution in [0, 0.1) is 5.92 Å². The number of ether oxygens (including phenoxy) is 1. The van der Waals surface area contributed by atoms with Crippen molar-refractivity contribution in [1.82, 2.24) is 9.88 Å². The van der Waals surface area contributed by atoms with Crippen molar-refractivity contribution < 1.29 is 9.53 Å². The van der Waals surface area contributed by atoms with Crippen LogP contribution in [-0.2, 0) is 4.74 Å². The maximum Gasteiger partial charge on any atom is 0.255 e. The van der Waals surface area contributed by atoms with Gasteiger partial charge in [0.15, 0.2) is 0 Å². The third-order valence-electron chi connectivity index (χ3n) is 3.66. The van der Waals surface area contributed by atoms with Crippen LogP contribution in [0.3, 0.4) is 0 Å². The zero-order valence-corrected chi connectivity index (χ0v) is 13.1. The van der Waals surface area contributed by atoms with E-state index in [1.165, 1.54) is 0 Å². The molecule has 0 unspecified atom stereocenters. The van der Waals surface area contributed by atoms with Crippen LogP contribution in [0.15, 0.2) is 18.3 Å². The summed E-state index contributed by atoms with van der Waals surface area (Å²) in [6, 6.07) is 4.04. The van der Waals surface area contributed by atoms with Crippen LogP contribution in [0.5, 0.6) is 0 Å². The van der Waals surface area contributed by atoms with E-state index in [4.69, 9.17) is 4.74 Å². The number of carbonyl (C=O) groups excluding carboxylic acids is 1. The average molecular weight is 291 g/mol. The van der Waals surface area contributed by atoms with Gasteiger partial charge in [0, 0.05) is 32.4 Å². The fourth-order valence-corrected chi connectivity index (χ4v) is 2.71. The fraction of sp³-hybridized carbons (Fsp3) is 0.625. The SMILES string of the molecule is COC[C@H]1CCCN(C(=O)c2ccc(NC(C)C)nc2)C1. The molecular formula is C16H25N3O2. The van der Waals surface area contributed by atoms with E-state index in [1.807, 2.05) is 17.0 Å². The maximum absolute atomic E-state index is 12.5. The van der Waals surface area contributed by atoms with Crippen LogP contribution in [-0.4, -0.2) is 48.6 Å². The number of nitrogens with one attached hydrogen (secondary N) is 1. The second kappa shape index (κ2) is 7.41. The second-order valence-corrected chi connectivity index (χ2v) is 5.95. The minimum Gasteiger partial charge on any atom is -0.384 e. The van der Waals surface area contributed by atoms with Crippen molar-refractivity contribution in [1.29, 1.82) is 0 Å². The van der Waals surface area contributed by atoms with Crippen LogP contribution in [0.2, 0.25) is 0 Å². The van der Waals surface area contributed by atoms with Gasteiger partial charge in [-0.05, 0) is 44.7 Å². The van der Waals surface area contributed by atoms with Gasteiger partial charge in [-0.1, -0.05) is 0 Å². The molecule has 5 nitrogen and oxygen atoms in total. The summed E-state index contributed by atoms with van der Waals surface area (Å²) in [7, 11) is 1.71. The molecule has 1 aliphatic heterocycles. The maximum atomic E-state index is 12.5. The van der Waals surface area contributed by atoms with E-state index in [0.29, 0.717) is 17.5 Å². The highest BCUT2D eigenvalue weighted by Gasteiger charge is 2.24. The Morgan fingerprint density at radius 2 is 2.33 bits per heavy atom. The number of carbonyl (C=O) groups is 1. The molecule has 0 radical (unpaired) electrons. The zero-order chi connectivity index (χ0) is 15.2. The Kier molecular flexibility index (Phi) is 5.56. The summed E-state index contributed by atoms with van der Waals surface area (Å²) >= 11 is 0. The molecule has 1 N–H and O–H groups in total. The van der Waals surface area contributed by atoms with Crippen molar-refractivity contribution >= 4 is 11.7 Å². The van der Waals surface area contributed by atoms with E-state index in [1.54, 1.807) is 13.3 Å². The summed E-state index contributed by atoms with van der Waals surface area (Å²) in [5.41, 5.74) is 0.655. The van der Waals surface area contributed by atoms with Crippen molar-refractivity contribution in [2.24, 2.45) is 5.92 Å². The van der Waals surface area contributed by atoms with Gasteiger partial charge in [0.2, 0.25) is 0 Å². The number of amides is 1. The highest BCUT2D eigenvalue weighted by molar-refractivity contribution is 5.94. The van der Waals surface area contributed by atoms with Gasteiger partial charge < -0.3 is 15.0 Å². The third kappa shape index (κ3) is 4.43. The molecule has 1 aromatic rings. The van der Waals surface area contributed by atoms with Crippen molar-refractivity contribution in [3.63, 3.8) is 0 Å². The fourth-order valence-electron chi connectivity index (χ4n) is 2.71. The minimum atomic E-state index is 0.0689. The Hall–Kier alpha value is -1.62. The number of pyridine rings is 1. The monoisotopic (exact) mass is 291 g/mol. The van der Waals surface area contributed by atoms with E-state index in [9.17, 15) is 4.79 Å². The summed E-state index contributed by atoms with van der Waals surface area (Å²) in [5, 5.41) is 3.22. The van der Waals surface area contributed by atoms with Gasteiger partial charge >= 0.3 is 0 Å². The quantitative estimate of drug-likeness (QED) is 0.905. The van der Waals surface area contributed by atoms with Gasteiger partial charge in [0.05, 0.1) is 12.2 Å². The van der Waals surface area contributed by atoms with Crippen molar-refractivity contribution in [2.45, 2.75) is 32.7 Å². The van der Waals surface area contributed by atoms with Gasteiger partial charge in [-0.2, -0.15) is 0 Å². The molecule has 5 heteroatoms. The smallest absolute Gasteiger partial charge is 0.255 e. The molecule has 21 heavy (non-hydrogen) atoms. The Morgan fingerprint density at radius 1 is 1.52 bits per heavy atom. The highest BCUT2D eigenvalue weighted by Crippen LogP contribution is 2.19. The van der Waals surface area contributed by atoms with E-state index in [2.05, 4.69) is 24.1 Å².